The van der Waals surface area contributed by atoms with Crippen LogP contribution in [0.3, 0.4) is 0 Å². The molecular weight excluding hydrogens is 305 g/mol. The summed E-state index contributed by atoms with van der Waals surface area (Å²) < 4.78 is 39.1. The second-order valence-electron chi connectivity index (χ2n) is 4.77. The molecule has 0 amide bonds. The Kier molecular flexibility index (Phi) is 3.58. The van der Waals surface area contributed by atoms with Crippen LogP contribution in [-0.2, 0) is 6.18 Å². The van der Waals surface area contributed by atoms with Crippen molar-refractivity contribution >= 4 is 0 Å². The predicted octanol–water partition coefficient (Wildman–Crippen LogP) is 4.03. The van der Waals surface area contributed by atoms with Gasteiger partial charge in [-0.15, -0.1) is 5.10 Å². The predicted molar refractivity (Wildman–Crippen MR) is 77.0 cm³/mol. The second kappa shape index (κ2) is 5.57. The van der Waals surface area contributed by atoms with E-state index in [4.69, 9.17) is 5.26 Å². The Morgan fingerprint density at radius 1 is 1.00 bits per heavy atom. The molecule has 4 nitrogen and oxygen atoms in total. The van der Waals surface area contributed by atoms with E-state index in [0.29, 0.717) is 5.56 Å². The third-order valence-electron chi connectivity index (χ3n) is 3.35. The van der Waals surface area contributed by atoms with Gasteiger partial charge in [-0.25, -0.2) is 5.10 Å². The van der Waals surface area contributed by atoms with Crippen molar-refractivity contribution in [3.63, 3.8) is 0 Å². The molecule has 1 aromatic heterocycles. The van der Waals surface area contributed by atoms with Crippen molar-refractivity contribution in [2.45, 2.75) is 6.18 Å². The van der Waals surface area contributed by atoms with Gasteiger partial charge in [0, 0.05) is 5.56 Å². The molecule has 0 aliphatic heterocycles. The number of aromatic nitrogens is 3. The smallest absolute Gasteiger partial charge is 0.247 e. The molecule has 0 unspecified atom stereocenters. The normalized spacial score (nSPS) is 11.2. The van der Waals surface area contributed by atoms with Crippen molar-refractivity contribution in [3.8, 4) is 28.5 Å². The summed E-state index contributed by atoms with van der Waals surface area (Å²) in [7, 11) is 0. The zero-order chi connectivity index (χ0) is 16.4. The van der Waals surface area contributed by atoms with E-state index < -0.39 is 11.7 Å². The number of halogens is 3. The van der Waals surface area contributed by atoms with Gasteiger partial charge in [0.1, 0.15) is 11.8 Å². The van der Waals surface area contributed by atoms with Crippen molar-refractivity contribution < 1.29 is 13.2 Å². The lowest BCUT2D eigenvalue weighted by Gasteiger charge is -2.12. The van der Waals surface area contributed by atoms with Gasteiger partial charge in [-0.1, -0.05) is 41.6 Å². The number of hydrogen-bond acceptors (Lipinski definition) is 3. The first-order valence-electron chi connectivity index (χ1n) is 6.59. The topological polar surface area (TPSA) is 65.4 Å². The molecule has 0 fully saturated rings. The molecule has 3 rings (SSSR count). The molecule has 0 bridgehead atoms. The number of H-pyrrole nitrogens is 1. The lowest BCUT2D eigenvalue weighted by Crippen LogP contribution is -2.05. The summed E-state index contributed by atoms with van der Waals surface area (Å²) >= 11 is 0. The number of rotatable bonds is 2. The molecule has 0 spiro atoms. The van der Waals surface area contributed by atoms with Crippen LogP contribution < -0.4 is 0 Å². The molecule has 0 aliphatic carbocycles. The lowest BCUT2D eigenvalue weighted by atomic mass is 9.94. The Labute approximate surface area is 129 Å². The average Bonchev–Trinajstić information content (AvgIpc) is 3.03. The molecule has 114 valence electrons. The molecule has 1 heterocycles. The van der Waals surface area contributed by atoms with Crippen LogP contribution in [0.25, 0.3) is 22.4 Å². The van der Waals surface area contributed by atoms with E-state index in [-0.39, 0.29) is 17.0 Å². The number of nitriles is 1. The lowest BCUT2D eigenvalue weighted by molar-refractivity contribution is -0.137. The highest BCUT2D eigenvalue weighted by Crippen LogP contribution is 2.37. The van der Waals surface area contributed by atoms with Crippen molar-refractivity contribution in [2.24, 2.45) is 0 Å². The van der Waals surface area contributed by atoms with Gasteiger partial charge in [0.25, 0.3) is 0 Å². The minimum absolute atomic E-state index is 0.0153. The van der Waals surface area contributed by atoms with Gasteiger partial charge >= 0.3 is 6.18 Å². The Hall–Kier alpha value is -3.14. The Bertz CT molecular complexity index is 876. The van der Waals surface area contributed by atoms with Gasteiger partial charge in [0.15, 0.2) is 5.69 Å². The van der Waals surface area contributed by atoms with E-state index in [2.05, 4.69) is 15.4 Å². The third-order valence-corrected chi connectivity index (χ3v) is 3.35. The van der Waals surface area contributed by atoms with E-state index in [9.17, 15) is 13.2 Å². The molecule has 1 N–H and O–H groups in total. The maximum absolute atomic E-state index is 13.0. The van der Waals surface area contributed by atoms with Gasteiger partial charge in [-0.3, -0.25) is 0 Å². The summed E-state index contributed by atoms with van der Waals surface area (Å²) in [5.74, 6) is 0. The molecule has 23 heavy (non-hydrogen) atoms. The molecule has 0 saturated heterocycles. The van der Waals surface area contributed by atoms with Crippen molar-refractivity contribution in [1.82, 2.24) is 15.4 Å². The maximum Gasteiger partial charge on any atom is 0.416 e. The van der Waals surface area contributed by atoms with Crippen molar-refractivity contribution in [3.05, 3.63) is 59.8 Å². The molecule has 0 aliphatic rings. The quantitative estimate of drug-likeness (QED) is 0.776. The van der Waals surface area contributed by atoms with Crippen LogP contribution in [0.4, 0.5) is 13.2 Å². The summed E-state index contributed by atoms with van der Waals surface area (Å²) in [4.78, 5) is 0. The standard InChI is InChI=1S/C16H9F3N4/c17-16(18,19)11-6-7-12(10-4-2-1-3-5-10)13(8-11)15-14(9-20)21-23-22-15/h1-8H,(H,21,22,23). The number of hydrogen-bond donors (Lipinski definition) is 1. The van der Waals surface area contributed by atoms with Crippen LogP contribution in [0.2, 0.25) is 0 Å². The largest absolute Gasteiger partial charge is 0.416 e. The highest BCUT2D eigenvalue weighted by atomic mass is 19.4. The molecule has 7 heteroatoms. The number of alkyl halides is 3. The molecule has 0 atom stereocenters. The number of nitrogens with zero attached hydrogens (tertiary/aromatic N) is 3. The molecule has 0 radical (unpaired) electrons. The van der Waals surface area contributed by atoms with Gasteiger partial charge in [-0.05, 0) is 23.3 Å². The van der Waals surface area contributed by atoms with Crippen LogP contribution >= 0.6 is 0 Å². The number of aromatic amines is 1. The van der Waals surface area contributed by atoms with Gasteiger partial charge in [0.05, 0.1) is 5.56 Å². The fourth-order valence-corrected chi connectivity index (χ4v) is 2.28. The summed E-state index contributed by atoms with van der Waals surface area (Å²) in [6.45, 7) is 0. The van der Waals surface area contributed by atoms with Crippen molar-refractivity contribution in [1.29, 1.82) is 5.26 Å². The van der Waals surface area contributed by atoms with E-state index in [1.165, 1.54) is 6.07 Å². The minimum Gasteiger partial charge on any atom is -0.247 e. The van der Waals surface area contributed by atoms with Crippen LogP contribution in [0.15, 0.2) is 48.5 Å². The van der Waals surface area contributed by atoms with Crippen LogP contribution in [0.1, 0.15) is 11.3 Å². The Morgan fingerprint density at radius 2 is 1.74 bits per heavy atom. The first kappa shape index (κ1) is 14.8. The number of benzene rings is 2. The van der Waals surface area contributed by atoms with Crippen LogP contribution in [-0.4, -0.2) is 15.4 Å². The summed E-state index contributed by atoms with van der Waals surface area (Å²) in [5.41, 5.74) is 0.779. The van der Waals surface area contributed by atoms with E-state index in [0.717, 1.165) is 17.7 Å². The first-order chi connectivity index (χ1) is 11.0. The molecule has 3 aromatic rings. The van der Waals surface area contributed by atoms with E-state index in [1.807, 2.05) is 12.1 Å². The third kappa shape index (κ3) is 2.79. The molecule has 0 saturated carbocycles. The Morgan fingerprint density at radius 3 is 2.39 bits per heavy atom. The van der Waals surface area contributed by atoms with Crippen LogP contribution in [0.5, 0.6) is 0 Å². The SMILES string of the molecule is N#Cc1[nH]nnc1-c1cc(C(F)(F)F)ccc1-c1ccccc1. The fraction of sp³-hybridized carbons (Fsp3) is 0.0625. The minimum atomic E-state index is -4.49. The first-order valence-corrected chi connectivity index (χ1v) is 6.59. The molecule has 2 aromatic carbocycles. The highest BCUT2D eigenvalue weighted by Gasteiger charge is 2.31. The van der Waals surface area contributed by atoms with E-state index in [1.54, 1.807) is 24.3 Å². The van der Waals surface area contributed by atoms with Gasteiger partial charge in [0.2, 0.25) is 0 Å². The number of nitrogens with one attached hydrogen (secondary N) is 1. The molecular formula is C16H9F3N4. The van der Waals surface area contributed by atoms with Crippen molar-refractivity contribution in [2.75, 3.05) is 0 Å². The monoisotopic (exact) mass is 314 g/mol. The average molecular weight is 314 g/mol. The van der Waals surface area contributed by atoms with Gasteiger partial charge < -0.3 is 0 Å². The summed E-state index contributed by atoms with van der Waals surface area (Å²) in [6.07, 6.45) is -4.49. The summed E-state index contributed by atoms with van der Waals surface area (Å²) in [5, 5.41) is 18.8. The second-order valence-corrected chi connectivity index (χ2v) is 4.77. The van der Waals surface area contributed by atoms with Gasteiger partial charge in [-0.2, -0.15) is 18.4 Å². The van der Waals surface area contributed by atoms with Crippen LogP contribution in [0, 0.1) is 11.3 Å². The zero-order valence-corrected chi connectivity index (χ0v) is 11.6. The summed E-state index contributed by atoms with van der Waals surface area (Å²) in [6, 6.07) is 14.2. The maximum atomic E-state index is 13.0. The van der Waals surface area contributed by atoms with E-state index >= 15 is 0 Å². The zero-order valence-electron chi connectivity index (χ0n) is 11.6. The highest BCUT2D eigenvalue weighted by molar-refractivity contribution is 5.84. The fourth-order valence-electron chi connectivity index (χ4n) is 2.28. The Balaban J connectivity index is 2.27.